The molecule has 3 heterocycles. The Morgan fingerprint density at radius 2 is 2.30 bits per heavy atom. The Kier molecular flexibility index (Phi) is 3.50. The van der Waals surface area contributed by atoms with E-state index in [9.17, 15) is 0 Å². The van der Waals surface area contributed by atoms with Crippen molar-refractivity contribution < 1.29 is 4.52 Å². The Hall–Kier alpha value is -1.79. The molecule has 0 aromatic carbocycles. The third kappa shape index (κ3) is 2.32. The third-order valence-electron chi connectivity index (χ3n) is 3.39. The molecule has 5 nitrogen and oxygen atoms in total. The number of rotatable bonds is 4. The fraction of sp³-hybridized carbons (Fsp3) is 0.357. The predicted molar refractivity (Wildman–Crippen MR) is 79.6 cm³/mol. The van der Waals surface area contributed by atoms with Crippen LogP contribution < -0.4 is 5.73 Å². The van der Waals surface area contributed by atoms with E-state index in [4.69, 9.17) is 10.3 Å². The SMILES string of the molecule is CCC(c1nc(-c2cnc3ccsc3c2)no1)C(C)N. The Morgan fingerprint density at radius 1 is 1.45 bits per heavy atom. The summed E-state index contributed by atoms with van der Waals surface area (Å²) >= 11 is 1.65. The molecule has 3 rings (SSSR count). The molecular weight excluding hydrogens is 272 g/mol. The summed E-state index contributed by atoms with van der Waals surface area (Å²) in [6, 6.07) is 4.02. The second-order valence-electron chi connectivity index (χ2n) is 4.86. The van der Waals surface area contributed by atoms with E-state index in [2.05, 4.69) is 22.0 Å². The van der Waals surface area contributed by atoms with Gasteiger partial charge in [-0.15, -0.1) is 11.3 Å². The van der Waals surface area contributed by atoms with E-state index >= 15 is 0 Å². The Morgan fingerprint density at radius 3 is 3.05 bits per heavy atom. The van der Waals surface area contributed by atoms with Crippen LogP contribution in [0.3, 0.4) is 0 Å². The molecule has 2 N–H and O–H groups in total. The average molecular weight is 288 g/mol. The lowest BCUT2D eigenvalue weighted by molar-refractivity contribution is 0.334. The van der Waals surface area contributed by atoms with Crippen molar-refractivity contribution in [3.8, 4) is 11.4 Å². The van der Waals surface area contributed by atoms with Gasteiger partial charge in [0.15, 0.2) is 0 Å². The first-order chi connectivity index (χ1) is 9.69. The standard InChI is InChI=1S/C14H16N4OS/c1-3-10(8(2)15)14-17-13(18-19-14)9-6-12-11(16-7-9)4-5-20-12/h4-8,10H,3,15H2,1-2H3. The second-order valence-corrected chi connectivity index (χ2v) is 5.81. The van der Waals surface area contributed by atoms with Crippen LogP contribution in [0.4, 0.5) is 0 Å². The number of pyridine rings is 1. The van der Waals surface area contributed by atoms with Crippen molar-refractivity contribution in [2.75, 3.05) is 0 Å². The van der Waals surface area contributed by atoms with E-state index < -0.39 is 0 Å². The molecule has 3 aromatic rings. The van der Waals surface area contributed by atoms with Gasteiger partial charge in [0.25, 0.3) is 0 Å². The normalized spacial score (nSPS) is 14.6. The van der Waals surface area contributed by atoms with Crippen molar-refractivity contribution in [1.29, 1.82) is 0 Å². The van der Waals surface area contributed by atoms with Crippen LogP contribution in [0.5, 0.6) is 0 Å². The summed E-state index contributed by atoms with van der Waals surface area (Å²) < 4.78 is 6.48. The van der Waals surface area contributed by atoms with Crippen molar-refractivity contribution in [2.24, 2.45) is 5.73 Å². The summed E-state index contributed by atoms with van der Waals surface area (Å²) in [6.45, 7) is 4.02. The highest BCUT2D eigenvalue weighted by Gasteiger charge is 2.21. The van der Waals surface area contributed by atoms with E-state index in [-0.39, 0.29) is 12.0 Å². The van der Waals surface area contributed by atoms with Crippen molar-refractivity contribution in [3.05, 3.63) is 29.6 Å². The van der Waals surface area contributed by atoms with Gasteiger partial charge in [0.05, 0.1) is 16.1 Å². The highest BCUT2D eigenvalue weighted by molar-refractivity contribution is 7.17. The minimum atomic E-state index is -0.00815. The topological polar surface area (TPSA) is 77.8 Å². The summed E-state index contributed by atoms with van der Waals surface area (Å²) in [5, 5.41) is 6.07. The number of nitrogens with two attached hydrogens (primary N) is 1. The average Bonchev–Trinajstić information content (AvgIpc) is 3.06. The zero-order valence-electron chi connectivity index (χ0n) is 11.4. The molecule has 20 heavy (non-hydrogen) atoms. The lowest BCUT2D eigenvalue weighted by Crippen LogP contribution is -2.24. The van der Waals surface area contributed by atoms with Gasteiger partial charge in [-0.05, 0) is 30.9 Å². The Labute approximate surface area is 120 Å². The number of thiophene rings is 1. The summed E-state index contributed by atoms with van der Waals surface area (Å²) in [4.78, 5) is 8.86. The van der Waals surface area contributed by atoms with Crippen LogP contribution >= 0.6 is 11.3 Å². The quantitative estimate of drug-likeness (QED) is 0.797. The molecule has 2 atom stereocenters. The number of nitrogens with zero attached hydrogens (tertiary/aromatic N) is 3. The minimum Gasteiger partial charge on any atom is -0.339 e. The van der Waals surface area contributed by atoms with Crippen LogP contribution in [-0.4, -0.2) is 21.2 Å². The molecule has 0 saturated carbocycles. The van der Waals surface area contributed by atoms with E-state index in [1.54, 1.807) is 17.5 Å². The molecule has 0 bridgehead atoms. The fourth-order valence-corrected chi connectivity index (χ4v) is 3.02. The summed E-state index contributed by atoms with van der Waals surface area (Å²) in [5.41, 5.74) is 7.81. The minimum absolute atomic E-state index is 0.00815. The van der Waals surface area contributed by atoms with Crippen molar-refractivity contribution in [3.63, 3.8) is 0 Å². The molecule has 0 aliphatic rings. The van der Waals surface area contributed by atoms with Crippen LogP contribution in [0.2, 0.25) is 0 Å². The summed E-state index contributed by atoms with van der Waals surface area (Å²) in [5.74, 6) is 1.26. The first-order valence-electron chi connectivity index (χ1n) is 6.62. The largest absolute Gasteiger partial charge is 0.339 e. The molecule has 6 heteroatoms. The van der Waals surface area contributed by atoms with Gasteiger partial charge in [-0.25, -0.2) is 0 Å². The monoisotopic (exact) mass is 288 g/mol. The van der Waals surface area contributed by atoms with Crippen molar-refractivity contribution in [2.45, 2.75) is 32.2 Å². The van der Waals surface area contributed by atoms with Crippen LogP contribution in [0.1, 0.15) is 32.1 Å². The molecule has 0 spiro atoms. The van der Waals surface area contributed by atoms with Gasteiger partial charge in [0.1, 0.15) is 0 Å². The Balaban J connectivity index is 1.96. The van der Waals surface area contributed by atoms with Gasteiger partial charge in [-0.2, -0.15) is 4.98 Å². The van der Waals surface area contributed by atoms with Crippen molar-refractivity contribution >= 4 is 21.6 Å². The Bertz CT molecular complexity index is 719. The summed E-state index contributed by atoms with van der Waals surface area (Å²) in [6.07, 6.45) is 2.65. The number of hydrogen-bond acceptors (Lipinski definition) is 6. The molecular formula is C14H16N4OS. The second kappa shape index (κ2) is 5.30. The van der Waals surface area contributed by atoms with Gasteiger partial charge >= 0.3 is 0 Å². The molecule has 0 aliphatic carbocycles. The molecule has 104 valence electrons. The molecule has 0 radical (unpaired) electrons. The molecule has 0 aliphatic heterocycles. The van der Waals surface area contributed by atoms with E-state index in [0.717, 1.165) is 22.2 Å². The number of hydrogen-bond donors (Lipinski definition) is 1. The zero-order valence-corrected chi connectivity index (χ0v) is 12.2. The van der Waals surface area contributed by atoms with E-state index in [1.165, 1.54) is 0 Å². The predicted octanol–water partition coefficient (Wildman–Crippen LogP) is 3.19. The number of aromatic nitrogens is 3. The van der Waals surface area contributed by atoms with Crippen molar-refractivity contribution in [1.82, 2.24) is 15.1 Å². The van der Waals surface area contributed by atoms with E-state index in [1.807, 2.05) is 24.4 Å². The van der Waals surface area contributed by atoms with Gasteiger partial charge in [0.2, 0.25) is 11.7 Å². The lowest BCUT2D eigenvalue weighted by atomic mass is 9.99. The molecule has 2 unspecified atom stereocenters. The smallest absolute Gasteiger partial charge is 0.231 e. The first-order valence-corrected chi connectivity index (χ1v) is 7.49. The first kappa shape index (κ1) is 13.2. The molecule has 0 fully saturated rings. The van der Waals surface area contributed by atoms with Crippen LogP contribution in [0.15, 0.2) is 28.2 Å². The maximum atomic E-state index is 5.95. The van der Waals surface area contributed by atoms with Crippen LogP contribution in [-0.2, 0) is 0 Å². The van der Waals surface area contributed by atoms with Gasteiger partial charge in [-0.1, -0.05) is 12.1 Å². The third-order valence-corrected chi connectivity index (χ3v) is 4.25. The molecule has 0 saturated heterocycles. The number of fused-ring (bicyclic) bond motifs is 1. The maximum absolute atomic E-state index is 5.95. The zero-order chi connectivity index (χ0) is 14.1. The lowest BCUT2D eigenvalue weighted by Gasteiger charge is -2.13. The van der Waals surface area contributed by atoms with Crippen LogP contribution in [0, 0.1) is 0 Å². The fourth-order valence-electron chi connectivity index (χ4n) is 2.24. The summed E-state index contributed by atoms with van der Waals surface area (Å²) in [7, 11) is 0. The molecule has 0 amide bonds. The van der Waals surface area contributed by atoms with Gasteiger partial charge in [0, 0.05) is 17.8 Å². The highest BCUT2D eigenvalue weighted by atomic mass is 32.1. The highest BCUT2D eigenvalue weighted by Crippen LogP contribution is 2.26. The maximum Gasteiger partial charge on any atom is 0.231 e. The van der Waals surface area contributed by atoms with E-state index in [0.29, 0.717) is 11.7 Å². The van der Waals surface area contributed by atoms with Gasteiger partial charge in [-0.3, -0.25) is 4.98 Å². The van der Waals surface area contributed by atoms with Gasteiger partial charge < -0.3 is 10.3 Å². The van der Waals surface area contributed by atoms with Crippen LogP contribution in [0.25, 0.3) is 21.6 Å². The molecule has 3 aromatic heterocycles.